The van der Waals surface area contributed by atoms with Crippen molar-refractivity contribution in [3.63, 3.8) is 0 Å². The topological polar surface area (TPSA) is 32.7 Å². The molecule has 0 saturated heterocycles. The molecule has 0 radical (unpaired) electrons. The molecule has 3 nitrogen and oxygen atoms in total. The van der Waals surface area contributed by atoms with Crippen molar-refractivity contribution < 1.29 is 27.4 Å². The first-order chi connectivity index (χ1) is 16.1. The van der Waals surface area contributed by atoms with Gasteiger partial charge in [0.2, 0.25) is 0 Å². The number of alkyl halides is 3. The van der Waals surface area contributed by atoms with Crippen LogP contribution in [0.4, 0.5) is 23.2 Å². The van der Waals surface area contributed by atoms with Gasteiger partial charge in [0.15, 0.2) is 0 Å². The molecule has 0 spiro atoms. The number of benzene rings is 3. The lowest BCUT2D eigenvalue weighted by atomic mass is 10.0. The van der Waals surface area contributed by atoms with Crippen LogP contribution in [0.5, 0.6) is 11.5 Å². The molecular weight excluding hydrogens is 446 g/mol. The first-order valence-corrected chi connectivity index (χ1v) is 11.2. The van der Waals surface area contributed by atoms with Crippen molar-refractivity contribution in [3.05, 3.63) is 89.2 Å². The van der Waals surface area contributed by atoms with Crippen LogP contribution in [0.25, 0.3) is 0 Å². The van der Waals surface area contributed by atoms with E-state index < -0.39 is 23.7 Å². The molecule has 0 bridgehead atoms. The van der Waals surface area contributed by atoms with Crippen LogP contribution < -0.4 is 9.64 Å². The van der Waals surface area contributed by atoms with Gasteiger partial charge in [0.1, 0.15) is 17.3 Å². The monoisotopic (exact) mass is 475 g/mol. The van der Waals surface area contributed by atoms with Gasteiger partial charge < -0.3 is 14.7 Å². The van der Waals surface area contributed by atoms with Crippen LogP contribution in [0, 0.1) is 11.7 Å². The maximum atomic E-state index is 14.5. The van der Waals surface area contributed by atoms with Crippen molar-refractivity contribution >= 4 is 5.69 Å². The van der Waals surface area contributed by atoms with Crippen molar-refractivity contribution in [2.75, 3.05) is 11.4 Å². The van der Waals surface area contributed by atoms with Gasteiger partial charge in [-0.25, -0.2) is 4.39 Å². The van der Waals surface area contributed by atoms with Crippen LogP contribution >= 0.6 is 0 Å². The Balaban J connectivity index is 1.93. The zero-order chi connectivity index (χ0) is 24.9. The number of rotatable bonds is 9. The Morgan fingerprint density at radius 3 is 2.26 bits per heavy atom. The highest BCUT2D eigenvalue weighted by Gasteiger charge is 2.31. The van der Waals surface area contributed by atoms with E-state index in [0.717, 1.165) is 30.2 Å². The van der Waals surface area contributed by atoms with E-state index in [0.29, 0.717) is 17.2 Å². The third kappa shape index (κ3) is 6.73. The van der Waals surface area contributed by atoms with E-state index in [2.05, 4.69) is 0 Å². The second kappa shape index (κ2) is 10.9. The summed E-state index contributed by atoms with van der Waals surface area (Å²) in [7, 11) is 0. The molecule has 0 amide bonds. The molecule has 34 heavy (non-hydrogen) atoms. The van der Waals surface area contributed by atoms with E-state index in [1.54, 1.807) is 29.2 Å². The van der Waals surface area contributed by atoms with Crippen molar-refractivity contribution in [1.82, 2.24) is 0 Å². The lowest BCUT2D eigenvalue weighted by molar-refractivity contribution is -0.137. The lowest BCUT2D eigenvalue weighted by Gasteiger charge is -2.29. The Morgan fingerprint density at radius 1 is 0.941 bits per heavy atom. The largest absolute Gasteiger partial charge is 0.457 e. The van der Waals surface area contributed by atoms with Gasteiger partial charge in [-0.15, -0.1) is 0 Å². The molecule has 0 heterocycles. The zero-order valence-corrected chi connectivity index (χ0v) is 19.4. The van der Waals surface area contributed by atoms with Crippen LogP contribution in [-0.2, 0) is 19.1 Å². The predicted octanol–water partition coefficient (Wildman–Crippen LogP) is 7.22. The smallest absolute Gasteiger partial charge is 0.416 e. The SMILES string of the molecule is CCc1cccc(Oc2cccc(N(Cc3cc(C(F)(F)F)ccc3F)CC(O)C(C)C)c2)c1. The molecule has 3 rings (SSSR count). The summed E-state index contributed by atoms with van der Waals surface area (Å²) in [6, 6.07) is 17.1. The third-order valence-electron chi connectivity index (χ3n) is 5.64. The number of aliphatic hydroxyl groups is 1. The Kier molecular flexibility index (Phi) is 8.20. The Bertz CT molecular complexity index is 1100. The number of halogens is 4. The summed E-state index contributed by atoms with van der Waals surface area (Å²) >= 11 is 0. The Morgan fingerprint density at radius 2 is 1.62 bits per heavy atom. The van der Waals surface area contributed by atoms with E-state index in [1.165, 1.54) is 0 Å². The Hall–Kier alpha value is -3.06. The summed E-state index contributed by atoms with van der Waals surface area (Å²) in [4.78, 5) is 1.67. The molecule has 3 aromatic carbocycles. The molecule has 182 valence electrons. The fourth-order valence-electron chi connectivity index (χ4n) is 3.48. The number of aryl methyl sites for hydroxylation is 1. The van der Waals surface area contributed by atoms with Crippen LogP contribution in [0.15, 0.2) is 66.7 Å². The summed E-state index contributed by atoms with van der Waals surface area (Å²) in [5.74, 6) is 0.361. The first kappa shape index (κ1) is 25.6. The number of hydrogen-bond acceptors (Lipinski definition) is 3. The second-order valence-corrected chi connectivity index (χ2v) is 8.60. The van der Waals surface area contributed by atoms with Crippen molar-refractivity contribution in [2.45, 2.75) is 46.0 Å². The van der Waals surface area contributed by atoms with Crippen molar-refractivity contribution in [3.8, 4) is 11.5 Å². The summed E-state index contributed by atoms with van der Waals surface area (Å²) in [6.07, 6.45) is -4.48. The van der Waals surface area contributed by atoms with Gasteiger partial charge in [-0.3, -0.25) is 0 Å². The highest BCUT2D eigenvalue weighted by Crippen LogP contribution is 2.32. The molecular formula is C27H29F4NO2. The minimum absolute atomic E-state index is 0.0925. The summed E-state index contributed by atoms with van der Waals surface area (Å²) in [6.45, 7) is 5.70. The van der Waals surface area contributed by atoms with Crippen molar-refractivity contribution in [2.24, 2.45) is 5.92 Å². The average Bonchev–Trinajstić information content (AvgIpc) is 2.79. The van der Waals surface area contributed by atoms with Gasteiger partial charge in [-0.2, -0.15) is 13.2 Å². The summed E-state index contributed by atoms with van der Waals surface area (Å²) in [5.41, 5.74) is 0.699. The van der Waals surface area contributed by atoms with Crippen LogP contribution in [0.1, 0.15) is 37.5 Å². The third-order valence-corrected chi connectivity index (χ3v) is 5.64. The normalized spacial score (nSPS) is 12.6. The number of nitrogens with zero attached hydrogens (tertiary/aromatic N) is 1. The molecule has 0 aliphatic rings. The molecule has 0 aliphatic carbocycles. The molecule has 3 aromatic rings. The maximum absolute atomic E-state index is 14.5. The second-order valence-electron chi connectivity index (χ2n) is 8.60. The lowest BCUT2D eigenvalue weighted by Crippen LogP contribution is -2.35. The van der Waals surface area contributed by atoms with Gasteiger partial charge >= 0.3 is 6.18 Å². The zero-order valence-electron chi connectivity index (χ0n) is 19.4. The Labute approximate surface area is 197 Å². The van der Waals surface area contributed by atoms with Gasteiger partial charge in [-0.05, 0) is 60.4 Å². The highest BCUT2D eigenvalue weighted by atomic mass is 19.4. The van der Waals surface area contributed by atoms with E-state index in [1.807, 2.05) is 45.0 Å². The fourth-order valence-corrected chi connectivity index (χ4v) is 3.48. The fraction of sp³-hybridized carbons (Fsp3) is 0.333. The molecule has 1 unspecified atom stereocenters. The molecule has 7 heteroatoms. The van der Waals surface area contributed by atoms with E-state index in [-0.39, 0.29) is 24.6 Å². The van der Waals surface area contributed by atoms with Gasteiger partial charge in [0.25, 0.3) is 0 Å². The van der Waals surface area contributed by atoms with E-state index in [9.17, 15) is 22.7 Å². The van der Waals surface area contributed by atoms with Crippen LogP contribution in [-0.4, -0.2) is 17.8 Å². The van der Waals surface area contributed by atoms with Crippen LogP contribution in [0.2, 0.25) is 0 Å². The summed E-state index contributed by atoms with van der Waals surface area (Å²) in [5, 5.41) is 10.5. The number of anilines is 1. The minimum atomic E-state index is -4.58. The minimum Gasteiger partial charge on any atom is -0.457 e. The molecule has 1 N–H and O–H groups in total. The van der Waals surface area contributed by atoms with E-state index in [4.69, 9.17) is 4.74 Å². The molecule has 0 aromatic heterocycles. The van der Waals surface area contributed by atoms with Crippen LogP contribution in [0.3, 0.4) is 0 Å². The standard InChI is InChI=1S/C27H29F4NO2/c1-4-19-7-5-9-23(13-19)34-24-10-6-8-22(15-24)32(17-26(33)18(2)3)16-20-14-21(27(29,30)31)11-12-25(20)28/h5-15,18,26,33H,4,16-17H2,1-3H3. The van der Waals surface area contributed by atoms with Gasteiger partial charge in [0, 0.05) is 30.4 Å². The van der Waals surface area contributed by atoms with E-state index >= 15 is 0 Å². The predicted molar refractivity (Wildman–Crippen MR) is 126 cm³/mol. The number of aliphatic hydroxyl groups excluding tert-OH is 1. The molecule has 0 aliphatic heterocycles. The quantitative estimate of drug-likeness (QED) is 0.332. The average molecular weight is 476 g/mol. The molecule has 0 saturated carbocycles. The van der Waals surface area contributed by atoms with Crippen molar-refractivity contribution in [1.29, 1.82) is 0 Å². The van der Waals surface area contributed by atoms with Gasteiger partial charge in [0.05, 0.1) is 11.7 Å². The summed E-state index contributed by atoms with van der Waals surface area (Å²) < 4.78 is 60.1. The number of hydrogen-bond donors (Lipinski definition) is 1. The molecule has 0 fully saturated rings. The first-order valence-electron chi connectivity index (χ1n) is 11.2. The maximum Gasteiger partial charge on any atom is 0.416 e. The molecule has 1 atom stereocenters. The number of ether oxygens (including phenoxy) is 1. The van der Waals surface area contributed by atoms with Gasteiger partial charge in [-0.1, -0.05) is 39.0 Å². The highest BCUT2D eigenvalue weighted by molar-refractivity contribution is 5.52.